The summed E-state index contributed by atoms with van der Waals surface area (Å²) in [6, 6.07) is 0. The molecule has 0 aromatic heterocycles. The van der Waals surface area contributed by atoms with E-state index in [0.717, 1.165) is 14.2 Å². The fraction of sp³-hybridized carbons (Fsp3) is 0.167. The maximum absolute atomic E-state index is 13.8. The monoisotopic (exact) mass is 352 g/mol. The summed E-state index contributed by atoms with van der Waals surface area (Å²) >= 11 is 0. The number of nitrogens with one attached hydrogen (secondary N) is 1. The normalized spacial score (nSPS) is 11.0. The van der Waals surface area contributed by atoms with Gasteiger partial charge in [-0.15, -0.1) is 0 Å². The SMILES string of the molecule is COC(=O)/C=C(/Nc1c(F)c(F)c(F)c(F)c1[N+](=O)[O-])C(=O)OC. The molecular formula is C12H8F4N2O6. The van der Waals surface area contributed by atoms with Gasteiger partial charge in [0.25, 0.3) is 0 Å². The van der Waals surface area contributed by atoms with E-state index in [1.807, 2.05) is 0 Å². The first-order valence-corrected chi connectivity index (χ1v) is 5.81. The van der Waals surface area contributed by atoms with Gasteiger partial charge in [-0.3, -0.25) is 10.1 Å². The van der Waals surface area contributed by atoms with Crippen molar-refractivity contribution in [3.05, 3.63) is 45.2 Å². The number of carbonyl (C=O) groups is 2. The van der Waals surface area contributed by atoms with Gasteiger partial charge in [0.15, 0.2) is 17.3 Å². The Morgan fingerprint density at radius 2 is 1.58 bits per heavy atom. The molecule has 0 atom stereocenters. The molecule has 1 rings (SSSR count). The molecule has 1 N–H and O–H groups in total. The van der Waals surface area contributed by atoms with Crippen LogP contribution in [-0.4, -0.2) is 31.1 Å². The van der Waals surface area contributed by atoms with Crippen molar-refractivity contribution in [1.82, 2.24) is 0 Å². The molecule has 0 saturated carbocycles. The zero-order valence-electron chi connectivity index (χ0n) is 12.0. The van der Waals surface area contributed by atoms with Crippen LogP contribution in [0.2, 0.25) is 0 Å². The van der Waals surface area contributed by atoms with Crippen molar-refractivity contribution in [2.75, 3.05) is 19.5 Å². The number of nitro groups is 1. The summed E-state index contributed by atoms with van der Waals surface area (Å²) in [5.41, 5.74) is -4.28. The highest BCUT2D eigenvalue weighted by Crippen LogP contribution is 2.35. The van der Waals surface area contributed by atoms with Gasteiger partial charge in [0, 0.05) is 0 Å². The second kappa shape index (κ2) is 7.39. The smallest absolute Gasteiger partial charge is 0.354 e. The lowest BCUT2D eigenvalue weighted by molar-refractivity contribution is -0.387. The number of methoxy groups -OCH3 is 2. The van der Waals surface area contributed by atoms with Crippen LogP contribution < -0.4 is 5.32 Å². The van der Waals surface area contributed by atoms with Crippen molar-refractivity contribution in [1.29, 1.82) is 0 Å². The Labute approximate surface area is 130 Å². The summed E-state index contributed by atoms with van der Waals surface area (Å²) in [6.45, 7) is 0. The minimum absolute atomic E-state index is 0.383. The van der Waals surface area contributed by atoms with Crippen molar-refractivity contribution < 1.29 is 41.5 Å². The maximum atomic E-state index is 13.8. The molecule has 0 fully saturated rings. The number of nitrogens with zero attached hydrogens (tertiary/aromatic N) is 1. The molecule has 8 nitrogen and oxygen atoms in total. The first-order valence-electron chi connectivity index (χ1n) is 5.81. The molecule has 130 valence electrons. The number of esters is 2. The van der Waals surface area contributed by atoms with Crippen molar-refractivity contribution in [2.45, 2.75) is 0 Å². The van der Waals surface area contributed by atoms with Crippen molar-refractivity contribution in [2.24, 2.45) is 0 Å². The van der Waals surface area contributed by atoms with Gasteiger partial charge in [-0.2, -0.15) is 4.39 Å². The van der Waals surface area contributed by atoms with E-state index in [2.05, 4.69) is 9.47 Å². The predicted octanol–water partition coefficient (Wildman–Crippen LogP) is 1.79. The number of hydrogen-bond acceptors (Lipinski definition) is 7. The fourth-order valence-corrected chi connectivity index (χ4v) is 1.47. The molecular weight excluding hydrogens is 344 g/mol. The van der Waals surface area contributed by atoms with Crippen LogP contribution in [0.4, 0.5) is 28.9 Å². The number of nitro benzene ring substituents is 1. The minimum Gasteiger partial charge on any atom is -0.466 e. The highest BCUT2D eigenvalue weighted by atomic mass is 19.2. The summed E-state index contributed by atoms with van der Waals surface area (Å²) in [5, 5.41) is 12.4. The van der Waals surface area contributed by atoms with Gasteiger partial charge in [0.2, 0.25) is 11.6 Å². The van der Waals surface area contributed by atoms with Gasteiger partial charge in [-0.1, -0.05) is 0 Å². The van der Waals surface area contributed by atoms with Gasteiger partial charge in [0.05, 0.1) is 25.2 Å². The average Bonchev–Trinajstić information content (AvgIpc) is 2.55. The largest absolute Gasteiger partial charge is 0.466 e. The Morgan fingerprint density at radius 1 is 1.04 bits per heavy atom. The third-order valence-corrected chi connectivity index (χ3v) is 2.55. The molecule has 0 heterocycles. The summed E-state index contributed by atoms with van der Waals surface area (Å²) in [5.74, 6) is -11.8. The Bertz CT molecular complexity index is 750. The van der Waals surface area contributed by atoms with Gasteiger partial charge in [-0.05, 0) is 0 Å². The molecule has 0 spiro atoms. The van der Waals surface area contributed by atoms with E-state index < -0.39 is 57.2 Å². The summed E-state index contributed by atoms with van der Waals surface area (Å²) in [4.78, 5) is 31.9. The molecule has 0 aliphatic heterocycles. The van der Waals surface area contributed by atoms with Crippen LogP contribution in [0.3, 0.4) is 0 Å². The Morgan fingerprint density at radius 3 is 2.04 bits per heavy atom. The Hall–Kier alpha value is -3.18. The van der Waals surface area contributed by atoms with Crippen LogP contribution in [0.1, 0.15) is 0 Å². The van der Waals surface area contributed by atoms with Crippen LogP contribution >= 0.6 is 0 Å². The minimum atomic E-state index is -2.42. The zero-order valence-corrected chi connectivity index (χ0v) is 12.0. The number of halogens is 4. The summed E-state index contributed by atoms with van der Waals surface area (Å²) < 4.78 is 62.1. The van der Waals surface area contributed by atoms with E-state index in [1.54, 1.807) is 5.32 Å². The summed E-state index contributed by atoms with van der Waals surface area (Å²) in [6.07, 6.45) is 0.383. The van der Waals surface area contributed by atoms with Gasteiger partial charge in [0.1, 0.15) is 5.70 Å². The Balaban J connectivity index is 3.60. The predicted molar refractivity (Wildman–Crippen MR) is 68.7 cm³/mol. The molecule has 0 aliphatic rings. The first-order chi connectivity index (χ1) is 11.1. The molecule has 24 heavy (non-hydrogen) atoms. The average molecular weight is 352 g/mol. The van der Waals surface area contributed by atoms with Crippen molar-refractivity contribution in [3.8, 4) is 0 Å². The summed E-state index contributed by atoms with van der Waals surface area (Å²) in [7, 11) is 1.75. The van der Waals surface area contributed by atoms with Crippen molar-refractivity contribution >= 4 is 23.3 Å². The molecule has 0 unspecified atom stereocenters. The maximum Gasteiger partial charge on any atom is 0.354 e. The van der Waals surface area contributed by atoms with E-state index in [1.165, 1.54) is 0 Å². The second-order valence-corrected chi connectivity index (χ2v) is 3.93. The molecule has 1 aromatic carbocycles. The standard InChI is InChI=1S/C12H8F4N2O6/c1-23-5(19)3-4(12(20)24-2)17-10-8(15)6(13)7(14)9(16)11(10)18(21)22/h3,17H,1-2H3/b4-3+. The molecule has 0 bridgehead atoms. The van der Waals surface area contributed by atoms with Crippen LogP contribution in [-0.2, 0) is 19.1 Å². The van der Waals surface area contributed by atoms with Gasteiger partial charge >= 0.3 is 17.6 Å². The third-order valence-electron chi connectivity index (χ3n) is 2.55. The van der Waals surface area contributed by atoms with E-state index in [-0.39, 0.29) is 0 Å². The Kier molecular flexibility index (Phi) is 5.81. The molecule has 0 radical (unpaired) electrons. The van der Waals surface area contributed by atoms with Gasteiger partial charge in [-0.25, -0.2) is 22.8 Å². The molecule has 0 amide bonds. The molecule has 0 saturated heterocycles. The van der Waals surface area contributed by atoms with Crippen LogP contribution in [0.25, 0.3) is 0 Å². The van der Waals surface area contributed by atoms with Crippen LogP contribution in [0.15, 0.2) is 11.8 Å². The third kappa shape index (κ3) is 3.59. The van der Waals surface area contributed by atoms with Crippen LogP contribution in [0.5, 0.6) is 0 Å². The quantitative estimate of drug-likeness (QED) is 0.164. The number of rotatable bonds is 5. The zero-order chi connectivity index (χ0) is 18.6. The van der Waals surface area contributed by atoms with Gasteiger partial charge < -0.3 is 14.8 Å². The molecule has 1 aromatic rings. The number of anilines is 1. The van der Waals surface area contributed by atoms with Crippen LogP contribution in [0, 0.1) is 33.4 Å². The highest BCUT2D eigenvalue weighted by molar-refractivity contribution is 5.99. The topological polar surface area (TPSA) is 108 Å². The second-order valence-electron chi connectivity index (χ2n) is 3.93. The number of benzene rings is 1. The lowest BCUT2D eigenvalue weighted by Crippen LogP contribution is -2.18. The van der Waals surface area contributed by atoms with Crippen molar-refractivity contribution in [3.63, 3.8) is 0 Å². The number of hydrogen-bond donors (Lipinski definition) is 1. The van der Waals surface area contributed by atoms with E-state index >= 15 is 0 Å². The molecule has 0 aliphatic carbocycles. The van der Waals surface area contributed by atoms with E-state index in [4.69, 9.17) is 0 Å². The number of carbonyl (C=O) groups excluding carboxylic acids is 2. The first kappa shape index (κ1) is 18.9. The highest BCUT2D eigenvalue weighted by Gasteiger charge is 2.34. The molecule has 12 heteroatoms. The lowest BCUT2D eigenvalue weighted by atomic mass is 10.2. The number of ether oxygens (including phenoxy) is 2. The lowest BCUT2D eigenvalue weighted by Gasteiger charge is -2.11. The fourth-order valence-electron chi connectivity index (χ4n) is 1.47. The van der Waals surface area contributed by atoms with E-state index in [9.17, 15) is 37.3 Å². The van der Waals surface area contributed by atoms with E-state index in [0.29, 0.717) is 6.08 Å².